The van der Waals surface area contributed by atoms with Gasteiger partial charge >= 0.3 is 0 Å². The van der Waals surface area contributed by atoms with Gasteiger partial charge in [-0.15, -0.1) is 0 Å². The van der Waals surface area contributed by atoms with Crippen molar-refractivity contribution < 1.29 is 4.79 Å². The Hall–Kier alpha value is -0.530. The van der Waals surface area contributed by atoms with E-state index in [1.165, 1.54) is 64.2 Å². The third kappa shape index (κ3) is 2.85. The molecule has 0 aromatic carbocycles. The van der Waals surface area contributed by atoms with Crippen molar-refractivity contribution in [1.29, 1.82) is 0 Å². The number of nitrogens with two attached hydrogens (primary N) is 1. The van der Waals surface area contributed by atoms with Gasteiger partial charge in [-0.3, -0.25) is 4.79 Å². The van der Waals surface area contributed by atoms with E-state index in [0.29, 0.717) is 23.2 Å². The van der Waals surface area contributed by atoms with Gasteiger partial charge in [0.25, 0.3) is 0 Å². The molecule has 4 saturated carbocycles. The molecule has 4 rings (SSSR count). The molecule has 0 aliphatic heterocycles. The normalized spacial score (nSPS) is 49.0. The highest BCUT2D eigenvalue weighted by atomic mass is 16.1. The van der Waals surface area contributed by atoms with Crippen molar-refractivity contribution in [1.82, 2.24) is 0 Å². The van der Waals surface area contributed by atoms with Gasteiger partial charge in [-0.25, -0.2) is 0 Å². The number of hydrogen-bond donors (Lipinski definition) is 1. The Morgan fingerprint density at radius 3 is 2.50 bits per heavy atom. The number of carbonyl (C=O) groups excluding carboxylic acids is 1. The van der Waals surface area contributed by atoms with E-state index in [1.807, 2.05) is 0 Å². The zero-order valence-electron chi connectivity index (χ0n) is 17.4. The average Bonchev–Trinajstić information content (AvgIpc) is 2.96. The summed E-state index contributed by atoms with van der Waals surface area (Å²) in [6, 6.07) is 0. The number of carbonyl (C=O) groups is 1. The Kier molecular flexibility index (Phi) is 4.93. The van der Waals surface area contributed by atoms with Crippen LogP contribution in [0.25, 0.3) is 0 Å². The zero-order valence-corrected chi connectivity index (χ0v) is 17.4. The summed E-state index contributed by atoms with van der Waals surface area (Å²) in [6.07, 6.45) is 16.3. The van der Waals surface area contributed by atoms with Gasteiger partial charge in [0.2, 0.25) is 5.91 Å². The van der Waals surface area contributed by atoms with Crippen molar-refractivity contribution >= 4 is 5.91 Å². The fourth-order valence-electron chi connectivity index (χ4n) is 8.84. The molecule has 2 nitrogen and oxygen atoms in total. The molecular weight excluding hydrogens is 318 g/mol. The minimum Gasteiger partial charge on any atom is -0.370 e. The van der Waals surface area contributed by atoms with Gasteiger partial charge in [-0.05, 0) is 104 Å². The van der Waals surface area contributed by atoms with Crippen LogP contribution in [-0.2, 0) is 4.79 Å². The van der Waals surface area contributed by atoms with Crippen molar-refractivity contribution in [2.75, 3.05) is 0 Å². The molecule has 4 fully saturated rings. The van der Waals surface area contributed by atoms with Gasteiger partial charge in [0, 0.05) is 6.42 Å². The van der Waals surface area contributed by atoms with Crippen LogP contribution < -0.4 is 5.73 Å². The molecule has 0 bridgehead atoms. The Labute approximate surface area is 161 Å². The van der Waals surface area contributed by atoms with Gasteiger partial charge in [0.15, 0.2) is 0 Å². The van der Waals surface area contributed by atoms with Crippen LogP contribution in [0.1, 0.15) is 97.8 Å². The molecule has 2 heteroatoms. The molecule has 4 aliphatic carbocycles. The summed E-state index contributed by atoms with van der Waals surface area (Å²) in [5, 5.41) is 0. The first-order valence-electron chi connectivity index (χ1n) is 11.6. The molecule has 0 radical (unpaired) electrons. The highest BCUT2D eigenvalue weighted by Crippen LogP contribution is 2.68. The maximum absolute atomic E-state index is 11.3. The molecule has 0 saturated heterocycles. The van der Waals surface area contributed by atoms with E-state index in [4.69, 9.17) is 5.73 Å². The van der Waals surface area contributed by atoms with Crippen molar-refractivity contribution in [3.05, 3.63) is 0 Å². The van der Waals surface area contributed by atoms with Crippen LogP contribution in [-0.4, -0.2) is 5.91 Å². The molecular formula is C24H41NO. The van der Waals surface area contributed by atoms with E-state index in [2.05, 4.69) is 20.8 Å². The van der Waals surface area contributed by atoms with E-state index >= 15 is 0 Å². The maximum Gasteiger partial charge on any atom is 0.217 e. The lowest BCUT2D eigenvalue weighted by Gasteiger charge is -2.61. The summed E-state index contributed by atoms with van der Waals surface area (Å²) in [7, 11) is 0. The molecule has 148 valence electrons. The number of primary amides is 1. The molecule has 1 amide bonds. The molecule has 8 atom stereocenters. The Morgan fingerprint density at radius 1 is 0.962 bits per heavy atom. The monoisotopic (exact) mass is 359 g/mol. The third-order valence-corrected chi connectivity index (χ3v) is 10.2. The molecule has 2 N–H and O–H groups in total. The van der Waals surface area contributed by atoms with Crippen LogP contribution in [0.3, 0.4) is 0 Å². The van der Waals surface area contributed by atoms with Crippen molar-refractivity contribution in [3.63, 3.8) is 0 Å². The van der Waals surface area contributed by atoms with Gasteiger partial charge in [-0.1, -0.05) is 33.6 Å². The maximum atomic E-state index is 11.3. The summed E-state index contributed by atoms with van der Waals surface area (Å²) in [5.41, 5.74) is 6.60. The molecule has 0 aromatic rings. The fourth-order valence-corrected chi connectivity index (χ4v) is 8.84. The Balaban J connectivity index is 1.52. The zero-order chi connectivity index (χ0) is 18.5. The number of amides is 1. The van der Waals surface area contributed by atoms with Crippen molar-refractivity contribution in [3.8, 4) is 0 Å². The van der Waals surface area contributed by atoms with Crippen LogP contribution in [0.15, 0.2) is 0 Å². The van der Waals surface area contributed by atoms with Gasteiger partial charge < -0.3 is 5.73 Å². The van der Waals surface area contributed by atoms with Gasteiger partial charge in [-0.2, -0.15) is 0 Å². The second kappa shape index (κ2) is 6.82. The summed E-state index contributed by atoms with van der Waals surface area (Å²) >= 11 is 0. The SMILES string of the molecule is C[C@H](CCC(N)=O)[C@H]1CCC2C3CC[C@@H]4CCCC[C@]4(C)C3CC[C@@]21C. The average molecular weight is 360 g/mol. The van der Waals surface area contributed by atoms with E-state index < -0.39 is 0 Å². The molecule has 0 heterocycles. The summed E-state index contributed by atoms with van der Waals surface area (Å²) in [4.78, 5) is 11.3. The predicted octanol–water partition coefficient (Wildman–Crippen LogP) is 5.94. The smallest absolute Gasteiger partial charge is 0.217 e. The van der Waals surface area contributed by atoms with Crippen molar-refractivity contribution in [2.45, 2.75) is 97.8 Å². The second-order valence-corrected chi connectivity index (χ2v) is 11.1. The largest absolute Gasteiger partial charge is 0.370 e. The first-order valence-corrected chi connectivity index (χ1v) is 11.6. The molecule has 4 aliphatic rings. The van der Waals surface area contributed by atoms with Crippen molar-refractivity contribution in [2.24, 2.45) is 52.1 Å². The third-order valence-electron chi connectivity index (χ3n) is 10.2. The van der Waals surface area contributed by atoms with E-state index in [1.54, 1.807) is 0 Å². The van der Waals surface area contributed by atoms with Crippen LogP contribution in [0.4, 0.5) is 0 Å². The quantitative estimate of drug-likeness (QED) is 0.663. The lowest BCUT2D eigenvalue weighted by Crippen LogP contribution is -2.53. The first-order chi connectivity index (χ1) is 12.4. The van der Waals surface area contributed by atoms with Gasteiger partial charge in [0.05, 0.1) is 0 Å². The number of fused-ring (bicyclic) bond motifs is 5. The van der Waals surface area contributed by atoms with Crippen LogP contribution in [0.2, 0.25) is 0 Å². The summed E-state index contributed by atoms with van der Waals surface area (Å²) in [5.74, 6) is 5.29. The lowest BCUT2D eigenvalue weighted by molar-refractivity contribution is -0.119. The van der Waals surface area contributed by atoms with E-state index in [0.717, 1.165) is 36.0 Å². The highest BCUT2D eigenvalue weighted by Gasteiger charge is 2.60. The second-order valence-electron chi connectivity index (χ2n) is 11.1. The van der Waals surface area contributed by atoms with Crippen LogP contribution in [0.5, 0.6) is 0 Å². The van der Waals surface area contributed by atoms with Gasteiger partial charge in [0.1, 0.15) is 0 Å². The molecule has 3 unspecified atom stereocenters. The van der Waals surface area contributed by atoms with E-state index in [-0.39, 0.29) is 5.91 Å². The number of rotatable bonds is 4. The minimum absolute atomic E-state index is 0.121. The Morgan fingerprint density at radius 2 is 1.73 bits per heavy atom. The number of hydrogen-bond acceptors (Lipinski definition) is 1. The first kappa shape index (κ1) is 18.8. The molecule has 0 aromatic heterocycles. The lowest BCUT2D eigenvalue weighted by atomic mass is 9.44. The molecule has 26 heavy (non-hydrogen) atoms. The standard InChI is InChI=1S/C24H41NO/c1-16(7-12-22(25)26)19-10-11-20-18-9-8-17-6-4-5-14-23(17,2)21(18)13-15-24(19,20)3/h16-21H,4-15H2,1-3H3,(H2,25,26)/t16-,17+,18?,19-,20?,21?,23+,24-/m1/s1. The topological polar surface area (TPSA) is 43.1 Å². The fraction of sp³-hybridized carbons (Fsp3) is 0.958. The predicted molar refractivity (Wildman–Crippen MR) is 107 cm³/mol. The summed E-state index contributed by atoms with van der Waals surface area (Å²) in [6.45, 7) is 7.70. The Bertz CT molecular complexity index is 544. The van der Waals surface area contributed by atoms with Crippen LogP contribution >= 0.6 is 0 Å². The minimum atomic E-state index is -0.121. The van der Waals surface area contributed by atoms with E-state index in [9.17, 15) is 4.79 Å². The van der Waals surface area contributed by atoms with Crippen LogP contribution in [0, 0.1) is 46.3 Å². The summed E-state index contributed by atoms with van der Waals surface area (Å²) < 4.78 is 0. The molecule has 0 spiro atoms. The highest BCUT2D eigenvalue weighted by molar-refractivity contribution is 5.73.